The fourth-order valence-electron chi connectivity index (χ4n) is 2.54. The van der Waals surface area contributed by atoms with E-state index in [4.69, 9.17) is 4.18 Å². The third-order valence-corrected chi connectivity index (χ3v) is 5.01. The SMILES string of the molecule is O=C1CCCN1c1ccc(S(=O)(=O)Oc2cccc([N+](=O)[O-])c2)cc1. The maximum absolute atomic E-state index is 12.3. The van der Waals surface area contributed by atoms with Crippen LogP contribution in [0.5, 0.6) is 5.75 Å². The highest BCUT2D eigenvalue weighted by atomic mass is 32.2. The Morgan fingerprint density at radius 1 is 1.12 bits per heavy atom. The zero-order chi connectivity index (χ0) is 18.0. The molecular formula is C16H14N2O6S. The third-order valence-electron chi connectivity index (χ3n) is 3.74. The van der Waals surface area contributed by atoms with Crippen LogP contribution in [0.3, 0.4) is 0 Å². The van der Waals surface area contributed by atoms with Crippen molar-refractivity contribution in [3.63, 3.8) is 0 Å². The number of hydrogen-bond donors (Lipinski definition) is 0. The summed E-state index contributed by atoms with van der Waals surface area (Å²) in [5.41, 5.74) is 0.354. The maximum atomic E-state index is 12.3. The number of nitro benzene ring substituents is 1. The molecule has 1 amide bonds. The standard InChI is InChI=1S/C16H14N2O6S/c19-16-5-2-10-17(16)12-6-8-15(9-7-12)25(22,23)24-14-4-1-3-13(11-14)18(20)21/h1,3-4,6-9,11H,2,5,10H2. The summed E-state index contributed by atoms with van der Waals surface area (Å²) in [6, 6.07) is 10.7. The van der Waals surface area contributed by atoms with Crippen molar-refractivity contribution >= 4 is 27.4 Å². The summed E-state index contributed by atoms with van der Waals surface area (Å²) >= 11 is 0. The van der Waals surface area contributed by atoms with Crippen molar-refractivity contribution in [3.05, 3.63) is 58.6 Å². The van der Waals surface area contributed by atoms with Crippen molar-refractivity contribution in [2.45, 2.75) is 17.7 Å². The Labute approximate surface area is 143 Å². The minimum absolute atomic E-state index is 0.00320. The summed E-state index contributed by atoms with van der Waals surface area (Å²) in [7, 11) is -4.14. The van der Waals surface area contributed by atoms with Crippen LogP contribution in [0.1, 0.15) is 12.8 Å². The topological polar surface area (TPSA) is 107 Å². The number of nitrogens with zero attached hydrogens (tertiary/aromatic N) is 2. The van der Waals surface area contributed by atoms with E-state index in [0.717, 1.165) is 12.5 Å². The highest BCUT2D eigenvalue weighted by Crippen LogP contribution is 2.26. The Morgan fingerprint density at radius 3 is 2.44 bits per heavy atom. The molecule has 9 heteroatoms. The van der Waals surface area contributed by atoms with Gasteiger partial charge in [-0.3, -0.25) is 14.9 Å². The number of carbonyl (C=O) groups is 1. The Hall–Kier alpha value is -2.94. The largest absolute Gasteiger partial charge is 0.379 e. The van der Waals surface area contributed by atoms with E-state index in [0.29, 0.717) is 18.7 Å². The lowest BCUT2D eigenvalue weighted by molar-refractivity contribution is -0.384. The molecule has 1 heterocycles. The molecule has 1 aliphatic heterocycles. The van der Waals surface area contributed by atoms with Gasteiger partial charge in [-0.25, -0.2) is 0 Å². The number of amides is 1. The molecule has 3 rings (SSSR count). The van der Waals surface area contributed by atoms with Crippen molar-refractivity contribution in [1.29, 1.82) is 0 Å². The van der Waals surface area contributed by atoms with Gasteiger partial charge in [0.05, 0.1) is 11.0 Å². The van der Waals surface area contributed by atoms with Crippen LogP contribution in [0.2, 0.25) is 0 Å². The molecule has 2 aromatic carbocycles. The summed E-state index contributed by atoms with van der Waals surface area (Å²) in [5.74, 6) is -0.142. The first-order chi connectivity index (χ1) is 11.9. The quantitative estimate of drug-likeness (QED) is 0.459. The Kier molecular flexibility index (Phi) is 4.41. The van der Waals surface area contributed by atoms with Crippen LogP contribution in [0.4, 0.5) is 11.4 Å². The van der Waals surface area contributed by atoms with Gasteiger partial charge in [-0.15, -0.1) is 0 Å². The van der Waals surface area contributed by atoms with Gasteiger partial charge in [0.15, 0.2) is 0 Å². The fourth-order valence-corrected chi connectivity index (χ4v) is 3.46. The van der Waals surface area contributed by atoms with Gasteiger partial charge in [-0.2, -0.15) is 8.42 Å². The molecule has 1 saturated heterocycles. The van der Waals surface area contributed by atoms with Crippen LogP contribution in [0.15, 0.2) is 53.4 Å². The highest BCUT2D eigenvalue weighted by molar-refractivity contribution is 7.87. The molecular weight excluding hydrogens is 348 g/mol. The smallest absolute Gasteiger partial charge is 0.339 e. The zero-order valence-electron chi connectivity index (χ0n) is 13.0. The van der Waals surface area contributed by atoms with Crippen LogP contribution in [-0.4, -0.2) is 25.8 Å². The average Bonchev–Trinajstić information content (AvgIpc) is 3.01. The van der Waals surface area contributed by atoms with Crippen molar-refractivity contribution in [3.8, 4) is 5.75 Å². The molecule has 0 aromatic heterocycles. The van der Waals surface area contributed by atoms with E-state index in [2.05, 4.69) is 0 Å². The maximum Gasteiger partial charge on any atom is 0.339 e. The molecule has 130 valence electrons. The van der Waals surface area contributed by atoms with Gasteiger partial charge in [-0.05, 0) is 36.8 Å². The summed E-state index contributed by atoms with van der Waals surface area (Å²) in [4.78, 5) is 23.3. The Bertz CT molecular complexity index is 924. The monoisotopic (exact) mass is 362 g/mol. The number of carbonyl (C=O) groups excluding carboxylic acids is 1. The van der Waals surface area contributed by atoms with Gasteiger partial charge in [-0.1, -0.05) is 6.07 Å². The van der Waals surface area contributed by atoms with Crippen LogP contribution in [0.25, 0.3) is 0 Å². The van der Waals surface area contributed by atoms with Crippen LogP contribution < -0.4 is 9.08 Å². The average molecular weight is 362 g/mol. The molecule has 0 atom stereocenters. The van der Waals surface area contributed by atoms with E-state index in [-0.39, 0.29) is 22.2 Å². The van der Waals surface area contributed by atoms with Gasteiger partial charge >= 0.3 is 10.1 Å². The lowest BCUT2D eigenvalue weighted by Gasteiger charge is -2.16. The van der Waals surface area contributed by atoms with Crippen molar-refractivity contribution < 1.29 is 22.3 Å². The van der Waals surface area contributed by atoms with Crippen molar-refractivity contribution in [2.24, 2.45) is 0 Å². The minimum Gasteiger partial charge on any atom is -0.379 e. The number of non-ortho nitro benzene ring substituents is 1. The molecule has 0 spiro atoms. The van der Waals surface area contributed by atoms with Gasteiger partial charge in [0, 0.05) is 24.7 Å². The number of hydrogen-bond acceptors (Lipinski definition) is 6. The van der Waals surface area contributed by atoms with Crippen molar-refractivity contribution in [1.82, 2.24) is 0 Å². The number of nitro groups is 1. The predicted molar refractivity (Wildman–Crippen MR) is 88.9 cm³/mol. The van der Waals surface area contributed by atoms with Gasteiger partial charge in [0.1, 0.15) is 10.6 Å². The van der Waals surface area contributed by atoms with Crippen molar-refractivity contribution in [2.75, 3.05) is 11.4 Å². The minimum atomic E-state index is -4.14. The first-order valence-electron chi connectivity index (χ1n) is 7.46. The second-order valence-electron chi connectivity index (χ2n) is 5.43. The first-order valence-corrected chi connectivity index (χ1v) is 8.87. The molecule has 2 aromatic rings. The van der Waals surface area contributed by atoms with Crippen LogP contribution in [-0.2, 0) is 14.9 Å². The number of rotatable bonds is 5. The van der Waals surface area contributed by atoms with Crippen LogP contribution >= 0.6 is 0 Å². The highest BCUT2D eigenvalue weighted by Gasteiger charge is 2.23. The Morgan fingerprint density at radius 2 is 1.84 bits per heavy atom. The second kappa shape index (κ2) is 6.52. The van der Waals surface area contributed by atoms with E-state index in [9.17, 15) is 23.3 Å². The molecule has 0 bridgehead atoms. The number of anilines is 1. The molecule has 25 heavy (non-hydrogen) atoms. The third kappa shape index (κ3) is 3.61. The van der Waals surface area contributed by atoms with Gasteiger partial charge < -0.3 is 9.08 Å². The summed E-state index contributed by atoms with van der Waals surface area (Å²) in [6.07, 6.45) is 1.25. The van der Waals surface area contributed by atoms with E-state index in [1.807, 2.05) is 0 Å². The Balaban J connectivity index is 1.81. The molecule has 0 N–H and O–H groups in total. The van der Waals surface area contributed by atoms with Crippen LogP contribution in [0, 0.1) is 10.1 Å². The molecule has 0 radical (unpaired) electrons. The van der Waals surface area contributed by atoms with E-state index < -0.39 is 15.0 Å². The lowest BCUT2D eigenvalue weighted by atomic mass is 10.3. The van der Waals surface area contributed by atoms with Gasteiger partial charge in [0.25, 0.3) is 5.69 Å². The molecule has 0 unspecified atom stereocenters. The van der Waals surface area contributed by atoms with E-state index >= 15 is 0 Å². The molecule has 1 aliphatic rings. The normalized spacial score (nSPS) is 14.6. The second-order valence-corrected chi connectivity index (χ2v) is 6.98. The zero-order valence-corrected chi connectivity index (χ0v) is 13.8. The van der Waals surface area contributed by atoms with Gasteiger partial charge in [0.2, 0.25) is 5.91 Å². The lowest BCUT2D eigenvalue weighted by Crippen LogP contribution is -2.23. The first kappa shape index (κ1) is 16.9. The predicted octanol–water partition coefficient (Wildman–Crippen LogP) is 2.49. The molecule has 0 aliphatic carbocycles. The fraction of sp³-hybridized carbons (Fsp3) is 0.188. The molecule has 8 nitrogen and oxygen atoms in total. The summed E-state index contributed by atoms with van der Waals surface area (Å²) in [6.45, 7) is 0.606. The summed E-state index contributed by atoms with van der Waals surface area (Å²) in [5, 5.41) is 10.7. The van der Waals surface area contributed by atoms with E-state index in [1.165, 1.54) is 42.5 Å². The number of benzene rings is 2. The molecule has 0 saturated carbocycles. The molecule has 1 fully saturated rings. The van der Waals surface area contributed by atoms with E-state index in [1.54, 1.807) is 4.90 Å². The summed E-state index contributed by atoms with van der Waals surface area (Å²) < 4.78 is 29.6.